The van der Waals surface area contributed by atoms with Gasteiger partial charge < -0.3 is 9.47 Å². The molecule has 0 saturated heterocycles. The summed E-state index contributed by atoms with van der Waals surface area (Å²) < 4.78 is 12.6. The Kier molecular flexibility index (Phi) is 4.00. The van der Waals surface area contributed by atoms with Gasteiger partial charge in [-0.3, -0.25) is 9.36 Å². The van der Waals surface area contributed by atoms with Gasteiger partial charge in [0, 0.05) is 23.2 Å². The lowest BCUT2D eigenvalue weighted by Crippen LogP contribution is -2.20. The number of ether oxygens (including phenoxy) is 2. The van der Waals surface area contributed by atoms with Crippen molar-refractivity contribution in [3.8, 4) is 11.5 Å². The third-order valence-corrected chi connectivity index (χ3v) is 4.29. The van der Waals surface area contributed by atoms with E-state index >= 15 is 0 Å². The van der Waals surface area contributed by atoms with Crippen LogP contribution in [0.15, 0.2) is 29.3 Å². The van der Waals surface area contributed by atoms with Crippen LogP contribution >= 0.6 is 22.9 Å². The van der Waals surface area contributed by atoms with E-state index in [-0.39, 0.29) is 5.56 Å². The Morgan fingerprint density at radius 2 is 1.91 bits per heavy atom. The molecule has 22 heavy (non-hydrogen) atoms. The monoisotopic (exact) mass is 337 g/mol. The first-order chi connectivity index (χ1) is 10.6. The summed E-state index contributed by atoms with van der Waals surface area (Å²) in [6.45, 7) is 0.373. The minimum absolute atomic E-state index is 0.204. The predicted molar refractivity (Wildman–Crippen MR) is 85.3 cm³/mol. The molecule has 0 saturated carbocycles. The Morgan fingerprint density at radius 3 is 2.55 bits per heavy atom. The summed E-state index contributed by atoms with van der Waals surface area (Å²) in [5.74, 6) is 1.10. The van der Waals surface area contributed by atoms with Crippen molar-refractivity contribution in [1.29, 1.82) is 0 Å². The molecule has 3 rings (SSSR count). The maximum atomic E-state index is 12.2. The van der Waals surface area contributed by atoms with Crippen molar-refractivity contribution in [3.63, 3.8) is 0 Å². The number of aromatic nitrogens is 3. The van der Waals surface area contributed by atoms with Crippen LogP contribution in [0.4, 0.5) is 0 Å². The first kappa shape index (κ1) is 14.8. The highest BCUT2D eigenvalue weighted by molar-refractivity contribution is 7.15. The molecule has 0 spiro atoms. The zero-order chi connectivity index (χ0) is 15.7. The summed E-state index contributed by atoms with van der Waals surface area (Å²) in [6, 6.07) is 3.48. The summed E-state index contributed by atoms with van der Waals surface area (Å²) in [4.78, 5) is 21.2. The Bertz CT molecular complexity index is 891. The first-order valence-corrected chi connectivity index (χ1v) is 7.53. The number of rotatable bonds is 4. The van der Waals surface area contributed by atoms with Crippen molar-refractivity contribution in [1.82, 2.24) is 14.5 Å². The number of thiazole rings is 1. The number of benzene rings is 1. The van der Waals surface area contributed by atoms with Crippen LogP contribution in [0.3, 0.4) is 0 Å². The fourth-order valence-corrected chi connectivity index (χ4v) is 3.13. The molecule has 0 atom stereocenters. The van der Waals surface area contributed by atoms with Crippen LogP contribution in [0.5, 0.6) is 11.5 Å². The van der Waals surface area contributed by atoms with Crippen molar-refractivity contribution in [2.45, 2.75) is 6.54 Å². The van der Waals surface area contributed by atoms with Gasteiger partial charge in [-0.15, -0.1) is 11.3 Å². The molecule has 8 heteroatoms. The van der Waals surface area contributed by atoms with Crippen LogP contribution < -0.4 is 15.0 Å². The van der Waals surface area contributed by atoms with Gasteiger partial charge in [0.05, 0.1) is 38.0 Å². The van der Waals surface area contributed by atoms with Crippen molar-refractivity contribution in [2.75, 3.05) is 14.2 Å². The highest BCUT2D eigenvalue weighted by Crippen LogP contribution is 2.31. The summed E-state index contributed by atoms with van der Waals surface area (Å²) in [5.41, 5.74) is 1.10. The number of halogens is 1. The second-order valence-electron chi connectivity index (χ2n) is 4.46. The number of nitrogens with zero attached hydrogens (tertiary/aromatic N) is 3. The molecule has 0 unspecified atom stereocenters. The van der Waals surface area contributed by atoms with Crippen molar-refractivity contribution >= 4 is 34.0 Å². The van der Waals surface area contributed by atoms with Crippen LogP contribution in [0.25, 0.3) is 11.0 Å². The van der Waals surface area contributed by atoms with Crippen LogP contribution in [0.1, 0.15) is 4.88 Å². The van der Waals surface area contributed by atoms with Crippen LogP contribution in [-0.2, 0) is 6.54 Å². The van der Waals surface area contributed by atoms with E-state index in [4.69, 9.17) is 21.1 Å². The second kappa shape index (κ2) is 5.94. The molecule has 1 aromatic carbocycles. The maximum absolute atomic E-state index is 12.2. The lowest BCUT2D eigenvalue weighted by molar-refractivity contribution is 0.355. The Hall–Kier alpha value is -2.12. The fourth-order valence-electron chi connectivity index (χ4n) is 2.17. The normalized spacial score (nSPS) is 10.9. The number of hydrogen-bond acceptors (Lipinski definition) is 6. The van der Waals surface area contributed by atoms with Gasteiger partial charge in [0.2, 0.25) is 0 Å². The van der Waals surface area contributed by atoms with Crippen molar-refractivity contribution < 1.29 is 9.47 Å². The van der Waals surface area contributed by atoms with E-state index in [0.29, 0.717) is 33.5 Å². The quantitative estimate of drug-likeness (QED) is 0.732. The average molecular weight is 338 g/mol. The first-order valence-electron chi connectivity index (χ1n) is 6.34. The molecule has 0 bridgehead atoms. The number of methoxy groups -OCH3 is 2. The van der Waals surface area contributed by atoms with Crippen LogP contribution in [0, 0.1) is 0 Å². The SMILES string of the molecule is COc1cc2ncc(=O)n(Cc3cnc(Cl)s3)c2cc1OC. The molecule has 6 nitrogen and oxygen atoms in total. The van der Waals surface area contributed by atoms with Gasteiger partial charge in [-0.1, -0.05) is 11.6 Å². The number of fused-ring (bicyclic) bond motifs is 1. The van der Waals surface area contributed by atoms with Gasteiger partial charge in [-0.05, 0) is 0 Å². The second-order valence-corrected chi connectivity index (χ2v) is 6.16. The maximum Gasteiger partial charge on any atom is 0.269 e. The van der Waals surface area contributed by atoms with E-state index in [1.807, 2.05) is 0 Å². The molecule has 3 aromatic rings. The van der Waals surface area contributed by atoms with Gasteiger partial charge in [0.1, 0.15) is 0 Å². The van der Waals surface area contributed by atoms with Gasteiger partial charge in [0.25, 0.3) is 5.56 Å². The average Bonchev–Trinajstić information content (AvgIpc) is 2.94. The third kappa shape index (κ3) is 2.65. The largest absolute Gasteiger partial charge is 0.493 e. The molecule has 114 valence electrons. The molecule has 0 N–H and O–H groups in total. The van der Waals surface area contributed by atoms with E-state index in [1.54, 1.807) is 37.1 Å². The Balaban J connectivity index is 2.19. The van der Waals surface area contributed by atoms with Crippen LogP contribution in [0.2, 0.25) is 4.47 Å². The molecule has 0 aliphatic heterocycles. The van der Waals surface area contributed by atoms with Crippen LogP contribution in [-0.4, -0.2) is 28.8 Å². The smallest absolute Gasteiger partial charge is 0.269 e. The van der Waals surface area contributed by atoms with E-state index in [1.165, 1.54) is 17.5 Å². The number of hydrogen-bond donors (Lipinski definition) is 0. The van der Waals surface area contributed by atoms with Gasteiger partial charge in [0.15, 0.2) is 16.0 Å². The summed E-state index contributed by atoms with van der Waals surface area (Å²) in [5, 5.41) is 0. The standard InChI is InChI=1S/C14H12ClN3O3S/c1-20-11-3-9-10(4-12(11)21-2)18(13(19)6-16-9)7-8-5-17-14(15)22-8/h3-6H,7H2,1-2H3. The van der Waals surface area contributed by atoms with Gasteiger partial charge in [-0.25, -0.2) is 9.97 Å². The highest BCUT2D eigenvalue weighted by Gasteiger charge is 2.12. The summed E-state index contributed by atoms with van der Waals surface area (Å²) in [7, 11) is 3.10. The summed E-state index contributed by atoms with van der Waals surface area (Å²) in [6.07, 6.45) is 2.95. The van der Waals surface area contributed by atoms with E-state index in [9.17, 15) is 4.79 Å². The molecular formula is C14H12ClN3O3S. The molecule has 0 aliphatic rings. The molecule has 0 radical (unpaired) electrons. The molecule has 0 fully saturated rings. The molecule has 0 amide bonds. The lowest BCUT2D eigenvalue weighted by Gasteiger charge is -2.12. The molecule has 2 aromatic heterocycles. The van der Waals surface area contributed by atoms with Gasteiger partial charge >= 0.3 is 0 Å². The topological polar surface area (TPSA) is 66.2 Å². The van der Waals surface area contributed by atoms with Crippen molar-refractivity contribution in [3.05, 3.63) is 44.2 Å². The molecular weight excluding hydrogens is 326 g/mol. The summed E-state index contributed by atoms with van der Waals surface area (Å²) >= 11 is 7.18. The van der Waals surface area contributed by atoms with E-state index in [0.717, 1.165) is 4.88 Å². The fraction of sp³-hybridized carbons (Fsp3) is 0.214. The zero-order valence-electron chi connectivity index (χ0n) is 11.9. The molecule has 2 heterocycles. The third-order valence-electron chi connectivity index (χ3n) is 3.19. The predicted octanol–water partition coefficient (Wildman–Crippen LogP) is 2.57. The lowest BCUT2D eigenvalue weighted by atomic mass is 10.2. The van der Waals surface area contributed by atoms with Crippen molar-refractivity contribution in [2.24, 2.45) is 0 Å². The Labute approximate surface area is 134 Å². The zero-order valence-corrected chi connectivity index (χ0v) is 13.4. The van der Waals surface area contributed by atoms with E-state index < -0.39 is 0 Å². The van der Waals surface area contributed by atoms with Gasteiger partial charge in [-0.2, -0.15) is 0 Å². The minimum atomic E-state index is -0.204. The Morgan fingerprint density at radius 1 is 1.18 bits per heavy atom. The minimum Gasteiger partial charge on any atom is -0.493 e. The highest BCUT2D eigenvalue weighted by atomic mass is 35.5. The van der Waals surface area contributed by atoms with E-state index in [2.05, 4.69) is 9.97 Å². The molecule has 0 aliphatic carbocycles.